The van der Waals surface area contributed by atoms with Crippen molar-refractivity contribution in [3.05, 3.63) is 59.1 Å². The van der Waals surface area contributed by atoms with E-state index < -0.39 is 5.97 Å². The third kappa shape index (κ3) is 4.03. The smallest absolute Gasteiger partial charge is 0.317 e. The molecule has 0 saturated carbocycles. The Kier molecular flexibility index (Phi) is 4.84. The van der Waals surface area contributed by atoms with Gasteiger partial charge in [-0.05, 0) is 61.3 Å². The van der Waals surface area contributed by atoms with Gasteiger partial charge in [0.2, 0.25) is 0 Å². The van der Waals surface area contributed by atoms with Gasteiger partial charge in [-0.15, -0.1) is 0 Å². The second-order valence-electron chi connectivity index (χ2n) is 5.65. The van der Waals surface area contributed by atoms with Gasteiger partial charge in [-0.3, -0.25) is 9.69 Å². The number of carboxylic acids is 1. The molecule has 23 heavy (non-hydrogen) atoms. The van der Waals surface area contributed by atoms with Crippen molar-refractivity contribution in [1.29, 1.82) is 0 Å². The molecule has 2 aromatic rings. The molecule has 0 aromatic heterocycles. The van der Waals surface area contributed by atoms with Crippen LogP contribution in [-0.4, -0.2) is 29.1 Å². The second kappa shape index (κ2) is 7.02. The maximum absolute atomic E-state index is 10.9. The lowest BCUT2D eigenvalue weighted by molar-refractivity contribution is -0.138. The highest BCUT2D eigenvalue weighted by atomic mass is 35.5. The molecule has 5 heteroatoms. The molecule has 2 aromatic carbocycles. The number of carbonyl (C=O) groups is 1. The van der Waals surface area contributed by atoms with Crippen LogP contribution in [0.15, 0.2) is 48.5 Å². The lowest BCUT2D eigenvalue weighted by Gasteiger charge is -2.23. The summed E-state index contributed by atoms with van der Waals surface area (Å²) in [5.41, 5.74) is 1.13. The summed E-state index contributed by atoms with van der Waals surface area (Å²) in [5, 5.41) is 9.67. The molecular formula is C18H18ClNO3. The normalized spacial score (nSPS) is 18.0. The summed E-state index contributed by atoms with van der Waals surface area (Å²) in [4.78, 5) is 13.0. The summed E-state index contributed by atoms with van der Waals surface area (Å²) in [6.07, 6.45) is 2.02. The van der Waals surface area contributed by atoms with Crippen molar-refractivity contribution in [1.82, 2.24) is 4.90 Å². The SMILES string of the molecule is O=C(O)CN1CCCC1c1ccc(Oc2ccc(Cl)cc2)cc1. The van der Waals surface area contributed by atoms with Gasteiger partial charge >= 0.3 is 5.97 Å². The molecular weight excluding hydrogens is 314 g/mol. The summed E-state index contributed by atoms with van der Waals surface area (Å²) >= 11 is 5.86. The maximum Gasteiger partial charge on any atom is 0.317 e. The molecule has 0 bridgehead atoms. The van der Waals surface area contributed by atoms with Crippen LogP contribution in [0.2, 0.25) is 5.02 Å². The number of halogens is 1. The zero-order valence-corrected chi connectivity index (χ0v) is 13.4. The van der Waals surface area contributed by atoms with Crippen molar-refractivity contribution in [3.8, 4) is 11.5 Å². The maximum atomic E-state index is 10.9. The lowest BCUT2D eigenvalue weighted by Crippen LogP contribution is -2.29. The van der Waals surface area contributed by atoms with Crippen molar-refractivity contribution in [2.75, 3.05) is 13.1 Å². The van der Waals surface area contributed by atoms with E-state index in [1.807, 2.05) is 41.3 Å². The zero-order valence-electron chi connectivity index (χ0n) is 12.6. The van der Waals surface area contributed by atoms with Crippen molar-refractivity contribution >= 4 is 17.6 Å². The fraction of sp³-hybridized carbons (Fsp3) is 0.278. The summed E-state index contributed by atoms with van der Waals surface area (Å²) < 4.78 is 5.78. The molecule has 0 amide bonds. The van der Waals surface area contributed by atoms with Crippen molar-refractivity contribution < 1.29 is 14.6 Å². The highest BCUT2D eigenvalue weighted by molar-refractivity contribution is 6.30. The molecule has 1 unspecified atom stereocenters. The molecule has 1 aliphatic rings. The predicted molar refractivity (Wildman–Crippen MR) is 89.2 cm³/mol. The molecule has 4 nitrogen and oxygen atoms in total. The molecule has 0 radical (unpaired) electrons. The quantitative estimate of drug-likeness (QED) is 0.884. The summed E-state index contributed by atoms with van der Waals surface area (Å²) in [5.74, 6) is 0.703. The predicted octanol–water partition coefficient (Wildman–Crippen LogP) is 4.35. The minimum Gasteiger partial charge on any atom is -0.480 e. The third-order valence-electron chi connectivity index (χ3n) is 4.02. The topological polar surface area (TPSA) is 49.8 Å². The Labute approximate surface area is 140 Å². The van der Waals surface area contributed by atoms with Crippen LogP contribution in [-0.2, 0) is 4.79 Å². The van der Waals surface area contributed by atoms with Crippen LogP contribution in [0.1, 0.15) is 24.4 Å². The first-order valence-corrected chi connectivity index (χ1v) is 7.99. The van der Waals surface area contributed by atoms with Crippen LogP contribution in [0.5, 0.6) is 11.5 Å². The fourth-order valence-corrected chi connectivity index (χ4v) is 3.09. The van der Waals surface area contributed by atoms with Gasteiger partial charge in [0.25, 0.3) is 0 Å². The van der Waals surface area contributed by atoms with E-state index in [2.05, 4.69) is 0 Å². The van der Waals surface area contributed by atoms with E-state index in [-0.39, 0.29) is 12.6 Å². The van der Waals surface area contributed by atoms with Gasteiger partial charge in [0.15, 0.2) is 0 Å². The van der Waals surface area contributed by atoms with Crippen LogP contribution in [0.25, 0.3) is 0 Å². The number of nitrogens with zero attached hydrogens (tertiary/aromatic N) is 1. The Morgan fingerprint density at radius 2 is 1.74 bits per heavy atom. The highest BCUT2D eigenvalue weighted by Crippen LogP contribution is 2.33. The number of aliphatic carboxylic acids is 1. The third-order valence-corrected chi connectivity index (χ3v) is 4.27. The van der Waals surface area contributed by atoms with Crippen LogP contribution < -0.4 is 4.74 Å². The van der Waals surface area contributed by atoms with Gasteiger partial charge in [-0.2, -0.15) is 0 Å². The largest absolute Gasteiger partial charge is 0.480 e. The van der Waals surface area contributed by atoms with E-state index in [4.69, 9.17) is 21.4 Å². The van der Waals surface area contributed by atoms with Gasteiger partial charge in [0.05, 0.1) is 6.54 Å². The molecule has 1 fully saturated rings. The first-order chi connectivity index (χ1) is 11.1. The Bertz CT molecular complexity index is 670. The van der Waals surface area contributed by atoms with Gasteiger partial charge in [-0.25, -0.2) is 0 Å². The Balaban J connectivity index is 1.69. The summed E-state index contributed by atoms with van der Waals surface area (Å²) in [7, 11) is 0. The van der Waals surface area contributed by atoms with E-state index in [1.165, 1.54) is 0 Å². The molecule has 1 N–H and O–H groups in total. The van der Waals surface area contributed by atoms with Crippen molar-refractivity contribution in [2.45, 2.75) is 18.9 Å². The number of likely N-dealkylation sites (tertiary alicyclic amines) is 1. The average molecular weight is 332 g/mol. The van der Waals surface area contributed by atoms with Crippen molar-refractivity contribution in [2.24, 2.45) is 0 Å². The van der Waals surface area contributed by atoms with E-state index in [1.54, 1.807) is 12.1 Å². The van der Waals surface area contributed by atoms with Crippen LogP contribution in [0, 0.1) is 0 Å². The average Bonchev–Trinajstić information content (AvgIpc) is 2.98. The number of rotatable bonds is 5. The number of carboxylic acid groups (broad SMARTS) is 1. The van der Waals surface area contributed by atoms with Gasteiger partial charge < -0.3 is 9.84 Å². The van der Waals surface area contributed by atoms with Crippen LogP contribution in [0.4, 0.5) is 0 Å². The zero-order chi connectivity index (χ0) is 16.2. The minimum absolute atomic E-state index is 0.0910. The summed E-state index contributed by atoms with van der Waals surface area (Å²) in [6, 6.07) is 15.2. The molecule has 1 aliphatic heterocycles. The molecule has 120 valence electrons. The van der Waals surface area contributed by atoms with E-state index >= 15 is 0 Å². The molecule has 0 spiro atoms. The number of hydrogen-bond acceptors (Lipinski definition) is 3. The Morgan fingerprint density at radius 3 is 2.35 bits per heavy atom. The fourth-order valence-electron chi connectivity index (χ4n) is 2.96. The number of hydrogen-bond donors (Lipinski definition) is 1. The van der Waals surface area contributed by atoms with E-state index in [9.17, 15) is 4.79 Å². The number of benzene rings is 2. The van der Waals surface area contributed by atoms with Crippen molar-refractivity contribution in [3.63, 3.8) is 0 Å². The van der Waals surface area contributed by atoms with Crippen LogP contribution in [0.3, 0.4) is 0 Å². The van der Waals surface area contributed by atoms with Crippen LogP contribution >= 0.6 is 11.6 Å². The Hall–Kier alpha value is -2.04. The first kappa shape index (κ1) is 15.8. The monoisotopic (exact) mass is 331 g/mol. The minimum atomic E-state index is -0.778. The van der Waals surface area contributed by atoms with Gasteiger partial charge in [0, 0.05) is 11.1 Å². The van der Waals surface area contributed by atoms with E-state index in [0.717, 1.165) is 36.4 Å². The standard InChI is InChI=1S/C18H18ClNO3/c19-14-5-9-16(10-6-14)23-15-7-3-13(4-8-15)17-2-1-11-20(17)12-18(21)22/h3-10,17H,1-2,11-12H2,(H,21,22). The Morgan fingerprint density at radius 1 is 1.13 bits per heavy atom. The molecule has 1 atom stereocenters. The number of ether oxygens (including phenoxy) is 1. The molecule has 1 saturated heterocycles. The van der Waals surface area contributed by atoms with Gasteiger partial charge in [-0.1, -0.05) is 23.7 Å². The second-order valence-corrected chi connectivity index (χ2v) is 6.08. The summed E-state index contributed by atoms with van der Waals surface area (Å²) in [6.45, 7) is 0.924. The highest BCUT2D eigenvalue weighted by Gasteiger charge is 2.27. The molecule has 1 heterocycles. The van der Waals surface area contributed by atoms with Gasteiger partial charge in [0.1, 0.15) is 11.5 Å². The van der Waals surface area contributed by atoms with E-state index in [0.29, 0.717) is 5.02 Å². The molecule has 3 rings (SSSR count). The molecule has 0 aliphatic carbocycles. The lowest BCUT2D eigenvalue weighted by atomic mass is 10.0. The first-order valence-electron chi connectivity index (χ1n) is 7.61.